The van der Waals surface area contributed by atoms with Crippen molar-refractivity contribution < 1.29 is 13.8 Å². The lowest BCUT2D eigenvalue weighted by molar-refractivity contribution is -0.120. The molecule has 2 bridgehead atoms. The second-order valence-electron chi connectivity index (χ2n) is 13.9. The maximum absolute atomic E-state index is 14.1. The topological polar surface area (TPSA) is 105 Å². The van der Waals surface area contributed by atoms with Crippen molar-refractivity contribution in [3.63, 3.8) is 0 Å². The first kappa shape index (κ1) is 26.5. The quantitative estimate of drug-likeness (QED) is 0.360. The van der Waals surface area contributed by atoms with E-state index in [-0.39, 0.29) is 16.7 Å². The maximum atomic E-state index is 14.1. The predicted molar refractivity (Wildman–Crippen MR) is 156 cm³/mol. The number of piperazine rings is 1. The van der Waals surface area contributed by atoms with Crippen molar-refractivity contribution in [2.45, 2.75) is 81.5 Å². The molecule has 5 saturated carbocycles. The number of anilines is 1. The van der Waals surface area contributed by atoms with Crippen LogP contribution in [0.25, 0.3) is 11.5 Å². The highest BCUT2D eigenvalue weighted by Crippen LogP contribution is 2.58. The molecule has 5 aliphatic carbocycles. The smallest absolute Gasteiger partial charge is 0.258 e. The monoisotopic (exact) mass is 571 g/mol. The summed E-state index contributed by atoms with van der Waals surface area (Å²) in [7, 11) is 2.15. The van der Waals surface area contributed by atoms with Crippen molar-refractivity contribution in [2.24, 2.45) is 5.41 Å². The Hall–Kier alpha value is -3.11. The van der Waals surface area contributed by atoms with Crippen molar-refractivity contribution in [2.75, 3.05) is 51.2 Å². The molecule has 222 valence electrons. The molecule has 3 heterocycles. The van der Waals surface area contributed by atoms with E-state index in [0.717, 1.165) is 113 Å². The Labute approximate surface area is 246 Å². The molecule has 3 aromatic rings. The van der Waals surface area contributed by atoms with E-state index < -0.39 is 0 Å². The first-order valence-electron chi connectivity index (χ1n) is 16.0. The van der Waals surface area contributed by atoms with E-state index in [2.05, 4.69) is 49.2 Å². The average Bonchev–Trinajstić information content (AvgIpc) is 3.96. The number of carbonyl (C=O) groups is 1. The van der Waals surface area contributed by atoms with Gasteiger partial charge in [0.1, 0.15) is 0 Å². The zero-order chi connectivity index (χ0) is 28.3. The van der Waals surface area contributed by atoms with Gasteiger partial charge in [0.25, 0.3) is 5.89 Å². The number of amides is 1. The lowest BCUT2D eigenvalue weighted by Gasteiger charge is -2.53. The van der Waals surface area contributed by atoms with Crippen LogP contribution in [-0.2, 0) is 10.2 Å². The molecule has 2 aromatic heterocycles. The molecule has 1 amide bonds. The zero-order valence-electron chi connectivity index (χ0n) is 24.6. The molecule has 6 aliphatic rings. The van der Waals surface area contributed by atoms with E-state index in [9.17, 15) is 4.79 Å². The fraction of sp³-hybridized carbons (Fsp3) is 0.656. The van der Waals surface area contributed by atoms with Crippen LogP contribution < -0.4 is 4.90 Å². The van der Waals surface area contributed by atoms with Gasteiger partial charge in [-0.25, -0.2) is 0 Å². The molecular weight excluding hydrogens is 530 g/mol. The van der Waals surface area contributed by atoms with E-state index in [1.54, 1.807) is 0 Å². The molecule has 0 unspecified atom stereocenters. The van der Waals surface area contributed by atoms with Gasteiger partial charge in [-0.15, -0.1) is 0 Å². The summed E-state index contributed by atoms with van der Waals surface area (Å²) in [5.41, 5.74) is 1.89. The molecule has 0 radical (unpaired) electrons. The maximum Gasteiger partial charge on any atom is 0.258 e. The molecule has 0 spiro atoms. The number of hydrogen-bond acceptors (Lipinski definition) is 9. The first-order chi connectivity index (χ1) is 20.5. The normalized spacial score (nSPS) is 28.3. The van der Waals surface area contributed by atoms with Crippen molar-refractivity contribution in [3.8, 4) is 11.5 Å². The van der Waals surface area contributed by atoms with Gasteiger partial charge in [-0.05, 0) is 94.9 Å². The largest absolute Gasteiger partial charge is 0.339 e. The summed E-state index contributed by atoms with van der Waals surface area (Å²) >= 11 is 0. The summed E-state index contributed by atoms with van der Waals surface area (Å²) < 4.78 is 11.5. The molecule has 1 aromatic carbocycles. The van der Waals surface area contributed by atoms with Crippen LogP contribution in [0.1, 0.15) is 93.6 Å². The van der Waals surface area contributed by atoms with E-state index in [1.807, 2.05) is 12.1 Å². The third-order valence-corrected chi connectivity index (χ3v) is 10.8. The van der Waals surface area contributed by atoms with Crippen LogP contribution in [0.5, 0.6) is 0 Å². The van der Waals surface area contributed by atoms with Gasteiger partial charge in [-0.3, -0.25) is 9.69 Å². The van der Waals surface area contributed by atoms with Crippen molar-refractivity contribution in [1.82, 2.24) is 30.1 Å². The van der Waals surface area contributed by atoms with E-state index >= 15 is 0 Å². The van der Waals surface area contributed by atoms with Crippen LogP contribution in [0.15, 0.2) is 33.3 Å². The fourth-order valence-electron chi connectivity index (χ4n) is 7.39. The number of fused-ring (bicyclic) bond motifs is 3. The molecule has 1 saturated heterocycles. The van der Waals surface area contributed by atoms with Gasteiger partial charge in [-0.1, -0.05) is 16.4 Å². The first-order valence-corrected chi connectivity index (χ1v) is 16.0. The van der Waals surface area contributed by atoms with Gasteiger partial charge in [-0.2, -0.15) is 9.97 Å². The summed E-state index contributed by atoms with van der Waals surface area (Å²) in [6, 6.07) is 8.15. The fourth-order valence-corrected chi connectivity index (χ4v) is 7.39. The van der Waals surface area contributed by atoms with Crippen LogP contribution in [0.2, 0.25) is 0 Å². The van der Waals surface area contributed by atoms with Crippen LogP contribution in [0.4, 0.5) is 5.69 Å². The van der Waals surface area contributed by atoms with Gasteiger partial charge < -0.3 is 18.8 Å². The molecule has 0 atom stereocenters. The third-order valence-electron chi connectivity index (χ3n) is 10.8. The van der Waals surface area contributed by atoms with Crippen LogP contribution in [0, 0.1) is 5.41 Å². The summed E-state index contributed by atoms with van der Waals surface area (Å²) in [5, 5.41) is 8.56. The Morgan fingerprint density at radius 2 is 1.57 bits per heavy atom. The summed E-state index contributed by atoms with van der Waals surface area (Å²) in [6.07, 6.45) is 11.0. The predicted octanol–water partition coefficient (Wildman–Crippen LogP) is 4.75. The molecule has 0 N–H and O–H groups in total. The lowest BCUT2D eigenvalue weighted by atomic mass is 9.53. The Morgan fingerprint density at radius 3 is 2.26 bits per heavy atom. The number of benzene rings is 1. The number of nitrogens with zero attached hydrogens (tertiary/aromatic N) is 7. The zero-order valence-corrected chi connectivity index (χ0v) is 24.6. The summed E-state index contributed by atoms with van der Waals surface area (Å²) in [5.74, 6) is 4.22. The molecule has 10 heteroatoms. The highest BCUT2D eigenvalue weighted by Gasteiger charge is 2.53. The number of likely N-dealkylation sites (N-methyl/N-ethyl adjacent to an activating group) is 1. The third kappa shape index (κ3) is 5.06. The number of hydrogen-bond donors (Lipinski definition) is 0. The van der Waals surface area contributed by atoms with Gasteiger partial charge in [0, 0.05) is 61.2 Å². The minimum absolute atomic E-state index is 0.00763. The molecule has 42 heavy (non-hydrogen) atoms. The van der Waals surface area contributed by atoms with Crippen molar-refractivity contribution >= 4 is 11.6 Å². The Balaban J connectivity index is 1.04. The number of aromatic nitrogens is 4. The summed E-state index contributed by atoms with van der Waals surface area (Å²) in [4.78, 5) is 30.4. The number of rotatable bonds is 9. The average molecular weight is 572 g/mol. The highest BCUT2D eigenvalue weighted by atomic mass is 16.5. The van der Waals surface area contributed by atoms with Crippen molar-refractivity contribution in [3.05, 3.63) is 41.8 Å². The van der Waals surface area contributed by atoms with E-state index in [4.69, 9.17) is 14.0 Å². The Bertz CT molecular complexity index is 1420. The lowest BCUT2D eigenvalue weighted by Crippen LogP contribution is -2.53. The Kier molecular flexibility index (Phi) is 6.48. The molecular formula is C32H41N7O3. The van der Waals surface area contributed by atoms with Crippen LogP contribution in [-0.4, -0.2) is 82.3 Å². The van der Waals surface area contributed by atoms with Crippen LogP contribution in [0.3, 0.4) is 0 Å². The van der Waals surface area contributed by atoms with Gasteiger partial charge in [0.2, 0.25) is 11.8 Å². The van der Waals surface area contributed by atoms with Gasteiger partial charge in [0.15, 0.2) is 11.6 Å². The van der Waals surface area contributed by atoms with E-state index in [1.165, 1.54) is 12.8 Å². The molecule has 10 nitrogen and oxygen atoms in total. The van der Waals surface area contributed by atoms with Gasteiger partial charge in [0.05, 0.1) is 6.54 Å². The van der Waals surface area contributed by atoms with Crippen molar-refractivity contribution in [1.29, 1.82) is 0 Å². The second kappa shape index (κ2) is 10.3. The molecule has 9 rings (SSSR count). The van der Waals surface area contributed by atoms with E-state index in [0.29, 0.717) is 24.3 Å². The summed E-state index contributed by atoms with van der Waals surface area (Å²) in [6.45, 7) is 5.00. The molecule has 6 fully saturated rings. The SMILES string of the molecule is CN1CCN(CC(=O)N(CC23CCC(c4nc(C5CC5)no4)(CC2)CC3)c2cccc(-c3nc(C4CC4)no3)c2)CC1. The Morgan fingerprint density at radius 1 is 0.905 bits per heavy atom. The second-order valence-corrected chi connectivity index (χ2v) is 13.9. The minimum Gasteiger partial charge on any atom is -0.339 e. The molecule has 1 aliphatic heterocycles. The number of carbonyl (C=O) groups excluding carboxylic acids is 1. The van der Waals surface area contributed by atoms with Crippen LogP contribution >= 0.6 is 0 Å². The highest BCUT2D eigenvalue weighted by molar-refractivity contribution is 5.95. The minimum atomic E-state index is 0.00763. The standard InChI is InChI=1S/C32H41N7O3/c1-37-15-17-38(18-16-37)20-26(40)39(25-4-2-3-24(19-25)29-33-27(35-41-29)22-5-6-22)21-31-9-12-32(13-10-31,14-11-31)30-34-28(36-42-30)23-7-8-23/h2-4,19,22-23H,5-18,20-21H2,1H3. The van der Waals surface area contributed by atoms with Gasteiger partial charge >= 0.3 is 0 Å².